The fourth-order valence-electron chi connectivity index (χ4n) is 4.83. The molecule has 2 aromatic rings. The fourth-order valence-corrected chi connectivity index (χ4v) is 7.42. The highest BCUT2D eigenvalue weighted by Crippen LogP contribution is 2.52. The third-order valence-corrected chi connectivity index (χ3v) is 9.08. The van der Waals surface area contributed by atoms with Crippen LogP contribution < -0.4 is 4.90 Å². The summed E-state index contributed by atoms with van der Waals surface area (Å²) in [4.78, 5) is 25.1. The minimum Gasteiger partial charge on any atom is -0.334 e. The first-order valence-corrected chi connectivity index (χ1v) is 13.6. The van der Waals surface area contributed by atoms with Crippen LogP contribution in [-0.2, 0) is 4.79 Å². The number of aliphatic imine (C=N–C) groups is 1. The summed E-state index contributed by atoms with van der Waals surface area (Å²) in [5.41, 5.74) is 4.36. The van der Waals surface area contributed by atoms with E-state index in [1.165, 1.54) is 36.6 Å². The van der Waals surface area contributed by atoms with Gasteiger partial charge in [0.15, 0.2) is 5.17 Å². The number of amides is 1. The molecule has 2 fully saturated rings. The lowest BCUT2D eigenvalue weighted by atomic mass is 9.94. The molecule has 1 saturated carbocycles. The van der Waals surface area contributed by atoms with Crippen LogP contribution in [0.5, 0.6) is 0 Å². The van der Waals surface area contributed by atoms with E-state index >= 15 is 0 Å². The molecular weight excluding hydrogens is 470 g/mol. The Bertz CT molecular complexity index is 1170. The summed E-state index contributed by atoms with van der Waals surface area (Å²) >= 11 is 9.49. The van der Waals surface area contributed by atoms with E-state index in [1.54, 1.807) is 11.8 Å². The molecule has 1 saturated heterocycles. The average Bonchev–Trinajstić information content (AvgIpc) is 3.32. The van der Waals surface area contributed by atoms with E-state index in [2.05, 4.69) is 43.9 Å². The molecule has 0 atom stereocenters. The smallest absolute Gasteiger partial charge is 0.269 e. The van der Waals surface area contributed by atoms with Crippen molar-refractivity contribution in [3.63, 3.8) is 0 Å². The molecule has 2 heterocycles. The van der Waals surface area contributed by atoms with Gasteiger partial charge in [0.1, 0.15) is 9.93 Å². The highest BCUT2D eigenvalue weighted by atomic mass is 35.5. The molecule has 0 unspecified atom stereocenters. The lowest BCUT2D eigenvalue weighted by molar-refractivity contribution is -0.124. The number of hydrogen-bond acceptors (Lipinski definition) is 5. The zero-order valence-electron chi connectivity index (χ0n) is 19.2. The van der Waals surface area contributed by atoms with Crippen LogP contribution in [0.3, 0.4) is 0 Å². The van der Waals surface area contributed by atoms with E-state index in [1.807, 2.05) is 23.1 Å². The van der Waals surface area contributed by atoms with Crippen LogP contribution in [0.4, 0.5) is 11.4 Å². The number of hydrogen-bond donors (Lipinski definition) is 0. The number of benzene rings is 2. The number of thioether (sulfide) groups is 2. The second-order valence-corrected chi connectivity index (χ2v) is 11.3. The lowest BCUT2D eigenvalue weighted by Gasteiger charge is -2.30. The molecule has 2 aromatic carbocycles. The van der Waals surface area contributed by atoms with E-state index in [9.17, 15) is 4.79 Å². The highest BCUT2D eigenvalue weighted by molar-refractivity contribution is 8.19. The van der Waals surface area contributed by atoms with Crippen LogP contribution in [0.15, 0.2) is 56.2 Å². The summed E-state index contributed by atoms with van der Waals surface area (Å²) in [6.45, 7) is 7.07. The summed E-state index contributed by atoms with van der Waals surface area (Å²) in [7, 11) is 0. The third kappa shape index (κ3) is 4.33. The first-order valence-electron chi connectivity index (χ1n) is 11.6. The summed E-state index contributed by atoms with van der Waals surface area (Å²) in [5, 5.41) is 2.52. The van der Waals surface area contributed by atoms with Gasteiger partial charge in [-0.1, -0.05) is 60.3 Å². The predicted molar refractivity (Wildman–Crippen MR) is 142 cm³/mol. The number of anilines is 1. The Hall–Kier alpha value is -1.89. The SMILES string of the molecule is CCN1/C(=C2/SC(=Nc3ccc(C)cc3C)N(C3CCCCC3)C2=O)Sc2ccc(Cl)cc21. The molecule has 0 spiro atoms. The molecular formula is C26H28ClN3OS2. The van der Waals surface area contributed by atoms with Gasteiger partial charge in [-0.05, 0) is 75.2 Å². The Balaban J connectivity index is 1.59. The third-order valence-electron chi connectivity index (χ3n) is 6.49. The van der Waals surface area contributed by atoms with Gasteiger partial charge in [0.2, 0.25) is 0 Å². The predicted octanol–water partition coefficient (Wildman–Crippen LogP) is 7.65. The second-order valence-electron chi connectivity index (χ2n) is 8.85. The number of amidine groups is 1. The van der Waals surface area contributed by atoms with Crippen LogP contribution >= 0.6 is 35.1 Å². The van der Waals surface area contributed by atoms with E-state index in [0.29, 0.717) is 5.02 Å². The van der Waals surface area contributed by atoms with Crippen molar-refractivity contribution in [3.8, 4) is 0 Å². The van der Waals surface area contributed by atoms with Gasteiger partial charge in [-0.2, -0.15) is 0 Å². The van der Waals surface area contributed by atoms with Gasteiger partial charge in [0, 0.05) is 22.5 Å². The maximum absolute atomic E-state index is 13.9. The van der Waals surface area contributed by atoms with Gasteiger partial charge < -0.3 is 4.90 Å². The maximum Gasteiger partial charge on any atom is 0.269 e. The van der Waals surface area contributed by atoms with Crippen LogP contribution in [-0.4, -0.2) is 28.6 Å². The number of carbonyl (C=O) groups excluding carboxylic acids is 1. The molecule has 2 aliphatic heterocycles. The van der Waals surface area contributed by atoms with E-state index < -0.39 is 0 Å². The fraction of sp³-hybridized carbons (Fsp3) is 0.385. The average molecular weight is 498 g/mol. The van der Waals surface area contributed by atoms with Crippen LogP contribution in [0.2, 0.25) is 5.02 Å². The van der Waals surface area contributed by atoms with E-state index in [0.717, 1.165) is 56.3 Å². The monoisotopic (exact) mass is 497 g/mol. The summed E-state index contributed by atoms with van der Waals surface area (Å²) < 4.78 is 0. The highest BCUT2D eigenvalue weighted by Gasteiger charge is 2.43. The molecule has 5 rings (SSSR count). The molecule has 172 valence electrons. The topological polar surface area (TPSA) is 35.9 Å². The van der Waals surface area contributed by atoms with Crippen molar-refractivity contribution in [3.05, 3.63) is 62.5 Å². The molecule has 0 N–H and O–H groups in total. The number of nitrogens with zero attached hydrogens (tertiary/aromatic N) is 3. The van der Waals surface area contributed by atoms with E-state index in [4.69, 9.17) is 16.6 Å². The molecule has 7 heteroatoms. The number of fused-ring (bicyclic) bond motifs is 1. The Morgan fingerprint density at radius 2 is 1.85 bits per heavy atom. The normalized spacial score (nSPS) is 22.5. The minimum absolute atomic E-state index is 0.0928. The zero-order chi connectivity index (χ0) is 23.1. The summed E-state index contributed by atoms with van der Waals surface area (Å²) in [6.07, 6.45) is 5.67. The molecule has 1 amide bonds. The molecule has 4 nitrogen and oxygen atoms in total. The van der Waals surface area contributed by atoms with Crippen LogP contribution in [0.25, 0.3) is 0 Å². The zero-order valence-corrected chi connectivity index (χ0v) is 21.6. The van der Waals surface area contributed by atoms with Gasteiger partial charge in [0.05, 0.1) is 11.4 Å². The molecule has 33 heavy (non-hydrogen) atoms. The van der Waals surface area contributed by atoms with Crippen LogP contribution in [0, 0.1) is 13.8 Å². The molecule has 3 aliphatic rings. The Morgan fingerprint density at radius 3 is 2.58 bits per heavy atom. The van der Waals surface area contributed by atoms with Gasteiger partial charge in [0.25, 0.3) is 5.91 Å². The summed E-state index contributed by atoms with van der Waals surface area (Å²) in [5.74, 6) is 0.0928. The first-order chi connectivity index (χ1) is 16.0. The van der Waals surface area contributed by atoms with Crippen molar-refractivity contribution < 1.29 is 4.79 Å². The standard InChI is InChI=1S/C26H28ClN3OS2/c1-4-29-21-15-18(27)11-13-22(21)32-25(29)23-24(31)30(19-8-6-5-7-9-19)26(33-23)28-20-12-10-16(2)14-17(20)3/h10-15,19H,4-9H2,1-3H3/b25-23-,28-26?. The quantitative estimate of drug-likeness (QED) is 0.408. The molecule has 0 radical (unpaired) electrons. The number of aryl methyl sites for hydroxylation is 2. The van der Waals surface area contributed by atoms with E-state index in [-0.39, 0.29) is 11.9 Å². The van der Waals surface area contributed by atoms with Crippen molar-refractivity contribution in [1.82, 2.24) is 4.90 Å². The van der Waals surface area contributed by atoms with Crippen molar-refractivity contribution in [2.75, 3.05) is 11.4 Å². The van der Waals surface area contributed by atoms with Crippen molar-refractivity contribution in [2.24, 2.45) is 4.99 Å². The lowest BCUT2D eigenvalue weighted by Crippen LogP contribution is -2.40. The van der Waals surface area contributed by atoms with Crippen molar-refractivity contribution in [1.29, 1.82) is 0 Å². The van der Waals surface area contributed by atoms with Gasteiger partial charge in [-0.25, -0.2) is 4.99 Å². The van der Waals surface area contributed by atoms with Crippen molar-refractivity contribution in [2.45, 2.75) is 63.8 Å². The van der Waals surface area contributed by atoms with Crippen molar-refractivity contribution >= 4 is 57.6 Å². The molecule has 0 bridgehead atoms. The second kappa shape index (κ2) is 9.40. The largest absolute Gasteiger partial charge is 0.334 e. The first kappa shape index (κ1) is 22.9. The molecule has 1 aliphatic carbocycles. The number of rotatable bonds is 3. The Labute approximate surface area is 209 Å². The number of halogens is 1. The minimum atomic E-state index is 0.0928. The maximum atomic E-state index is 13.9. The van der Waals surface area contributed by atoms with Gasteiger partial charge in [-0.15, -0.1) is 0 Å². The number of carbonyl (C=O) groups is 1. The Kier molecular flexibility index (Phi) is 6.51. The summed E-state index contributed by atoms with van der Waals surface area (Å²) in [6, 6.07) is 12.5. The van der Waals surface area contributed by atoms with Crippen LogP contribution in [0.1, 0.15) is 50.2 Å². The Morgan fingerprint density at radius 1 is 1.06 bits per heavy atom. The molecule has 0 aromatic heterocycles. The van der Waals surface area contributed by atoms with Gasteiger partial charge >= 0.3 is 0 Å². The van der Waals surface area contributed by atoms with Gasteiger partial charge in [-0.3, -0.25) is 9.69 Å².